The van der Waals surface area contributed by atoms with Crippen molar-refractivity contribution < 1.29 is 23.8 Å². The quantitative estimate of drug-likeness (QED) is 0.115. The fourth-order valence-corrected chi connectivity index (χ4v) is 4.08. The third-order valence-corrected chi connectivity index (χ3v) is 5.96. The second-order valence-corrected chi connectivity index (χ2v) is 8.44. The van der Waals surface area contributed by atoms with Crippen LogP contribution < -0.4 is 19.6 Å². The summed E-state index contributed by atoms with van der Waals surface area (Å²) >= 11 is 0. The standard InChI is InChI=1S/C31H24N2O5/c1-36-23-15-10-21(11-16-23)14-19-29(34)37-24-17-12-22(13-18-24)20-32-33-31(35)30-25-6-2-4-8-27(25)38-28-9-5-3-7-26(28)30/h2-20,30H,1H3,(H,33,35)/b19-14-,32-20-. The smallest absolute Gasteiger partial charge is 0.336 e. The first-order chi connectivity index (χ1) is 18.6. The minimum absolute atomic E-state index is 0.265. The highest BCUT2D eigenvalue weighted by Gasteiger charge is 2.32. The molecule has 4 aromatic rings. The van der Waals surface area contributed by atoms with E-state index in [2.05, 4.69) is 10.5 Å². The van der Waals surface area contributed by atoms with Crippen molar-refractivity contribution in [3.05, 3.63) is 125 Å². The van der Waals surface area contributed by atoms with Crippen LogP contribution in [-0.2, 0) is 9.59 Å². The zero-order valence-electron chi connectivity index (χ0n) is 20.5. The summed E-state index contributed by atoms with van der Waals surface area (Å²) in [6.45, 7) is 0. The largest absolute Gasteiger partial charge is 0.497 e. The van der Waals surface area contributed by atoms with Gasteiger partial charge in [0, 0.05) is 17.2 Å². The molecule has 38 heavy (non-hydrogen) atoms. The second-order valence-electron chi connectivity index (χ2n) is 8.44. The van der Waals surface area contributed by atoms with E-state index >= 15 is 0 Å². The van der Waals surface area contributed by atoms with E-state index in [4.69, 9.17) is 14.2 Å². The van der Waals surface area contributed by atoms with E-state index in [0.29, 0.717) is 17.2 Å². The summed E-state index contributed by atoms with van der Waals surface area (Å²) in [4.78, 5) is 25.3. The molecule has 0 unspecified atom stereocenters. The summed E-state index contributed by atoms with van der Waals surface area (Å²) in [6.07, 6.45) is 4.56. The molecule has 1 N–H and O–H groups in total. The molecular weight excluding hydrogens is 480 g/mol. The fourth-order valence-electron chi connectivity index (χ4n) is 4.08. The molecular formula is C31H24N2O5. The summed E-state index contributed by atoms with van der Waals surface area (Å²) in [5, 5.41) is 4.14. The Labute approximate surface area is 220 Å². The van der Waals surface area contributed by atoms with Crippen LogP contribution in [0.15, 0.2) is 108 Å². The molecule has 0 aliphatic carbocycles. The van der Waals surface area contributed by atoms with E-state index < -0.39 is 11.9 Å². The molecule has 4 aromatic carbocycles. The van der Waals surface area contributed by atoms with Gasteiger partial charge in [-0.25, -0.2) is 10.2 Å². The van der Waals surface area contributed by atoms with Crippen molar-refractivity contribution >= 4 is 24.2 Å². The molecule has 1 aliphatic heterocycles. The lowest BCUT2D eigenvalue weighted by Gasteiger charge is -2.26. The highest BCUT2D eigenvalue weighted by molar-refractivity contribution is 5.91. The topological polar surface area (TPSA) is 86.2 Å². The Morgan fingerprint density at radius 2 is 1.37 bits per heavy atom. The lowest BCUT2D eigenvalue weighted by Crippen LogP contribution is -2.28. The Hall–Kier alpha value is -5.17. The molecule has 0 saturated heterocycles. The number of esters is 1. The molecule has 0 saturated carbocycles. The molecule has 7 heteroatoms. The van der Waals surface area contributed by atoms with Crippen molar-refractivity contribution in [3.63, 3.8) is 0 Å². The van der Waals surface area contributed by atoms with E-state index in [-0.39, 0.29) is 5.91 Å². The van der Waals surface area contributed by atoms with Gasteiger partial charge in [0.1, 0.15) is 23.0 Å². The van der Waals surface area contributed by atoms with Crippen LogP contribution in [0.25, 0.3) is 6.08 Å². The Morgan fingerprint density at radius 1 is 0.789 bits per heavy atom. The summed E-state index contributed by atoms with van der Waals surface area (Å²) in [6, 6.07) is 29.1. The number of ether oxygens (including phenoxy) is 3. The van der Waals surface area contributed by atoms with E-state index in [1.54, 1.807) is 37.5 Å². The van der Waals surface area contributed by atoms with Crippen molar-refractivity contribution in [3.8, 4) is 23.0 Å². The number of benzene rings is 4. The number of hydrogen-bond donors (Lipinski definition) is 1. The summed E-state index contributed by atoms with van der Waals surface area (Å²) in [5.74, 6) is 1.14. The van der Waals surface area contributed by atoms with Gasteiger partial charge in [-0.1, -0.05) is 48.5 Å². The van der Waals surface area contributed by atoms with Crippen LogP contribution in [0.4, 0.5) is 0 Å². The van der Waals surface area contributed by atoms with Gasteiger partial charge in [-0.15, -0.1) is 0 Å². The van der Waals surface area contributed by atoms with Gasteiger partial charge in [-0.3, -0.25) is 4.79 Å². The SMILES string of the molecule is COc1ccc(/C=C\C(=O)Oc2ccc(/C=N\NC(=O)C3c4ccccc4Oc4ccccc43)cc2)cc1. The first-order valence-electron chi connectivity index (χ1n) is 11.9. The van der Waals surface area contributed by atoms with E-state index in [1.165, 1.54) is 12.3 Å². The van der Waals surface area contributed by atoms with E-state index in [0.717, 1.165) is 28.0 Å². The zero-order valence-corrected chi connectivity index (χ0v) is 20.5. The third-order valence-electron chi connectivity index (χ3n) is 5.96. The number of hydrazone groups is 1. The Balaban J connectivity index is 1.19. The molecule has 5 rings (SSSR count). The zero-order chi connectivity index (χ0) is 26.3. The molecule has 0 bridgehead atoms. The number of para-hydroxylation sites is 2. The van der Waals surface area contributed by atoms with Gasteiger partial charge in [0.05, 0.1) is 19.2 Å². The van der Waals surface area contributed by atoms with Crippen LogP contribution in [0.2, 0.25) is 0 Å². The van der Waals surface area contributed by atoms with Crippen LogP contribution in [0, 0.1) is 0 Å². The van der Waals surface area contributed by atoms with Crippen molar-refractivity contribution in [2.45, 2.75) is 5.92 Å². The minimum atomic E-state index is -0.541. The summed E-state index contributed by atoms with van der Waals surface area (Å²) in [7, 11) is 1.60. The molecule has 0 fully saturated rings. The van der Waals surface area contributed by atoms with Crippen molar-refractivity contribution in [2.24, 2.45) is 5.10 Å². The predicted octanol–water partition coefficient (Wildman–Crippen LogP) is 5.70. The molecule has 1 aliphatic rings. The number of hydrogen-bond acceptors (Lipinski definition) is 6. The number of carbonyl (C=O) groups is 2. The molecule has 0 spiro atoms. The number of nitrogens with one attached hydrogen (secondary N) is 1. The molecule has 188 valence electrons. The van der Waals surface area contributed by atoms with Gasteiger partial charge in [-0.05, 0) is 65.7 Å². The molecule has 1 heterocycles. The molecule has 0 aromatic heterocycles. The summed E-state index contributed by atoms with van der Waals surface area (Å²) < 4.78 is 16.4. The Bertz CT molecular complexity index is 1460. The monoisotopic (exact) mass is 504 g/mol. The number of carbonyl (C=O) groups excluding carboxylic acids is 2. The van der Waals surface area contributed by atoms with Gasteiger partial charge in [0.15, 0.2) is 0 Å². The minimum Gasteiger partial charge on any atom is -0.497 e. The van der Waals surface area contributed by atoms with Crippen molar-refractivity contribution in [1.82, 2.24) is 5.43 Å². The highest BCUT2D eigenvalue weighted by Crippen LogP contribution is 2.43. The Morgan fingerprint density at radius 3 is 2.00 bits per heavy atom. The molecule has 1 amide bonds. The third kappa shape index (κ3) is 5.63. The van der Waals surface area contributed by atoms with E-state index in [1.807, 2.05) is 72.8 Å². The average molecular weight is 505 g/mol. The number of nitrogens with zero attached hydrogens (tertiary/aromatic N) is 1. The first-order valence-corrected chi connectivity index (χ1v) is 11.9. The number of rotatable bonds is 7. The van der Waals surface area contributed by atoms with Gasteiger partial charge < -0.3 is 14.2 Å². The van der Waals surface area contributed by atoms with Crippen LogP contribution >= 0.6 is 0 Å². The fraction of sp³-hybridized carbons (Fsp3) is 0.0645. The average Bonchev–Trinajstić information content (AvgIpc) is 2.96. The normalized spacial score (nSPS) is 12.4. The number of amides is 1. The molecule has 0 radical (unpaired) electrons. The van der Waals surface area contributed by atoms with Gasteiger partial charge in [-0.2, -0.15) is 5.10 Å². The predicted molar refractivity (Wildman–Crippen MR) is 145 cm³/mol. The molecule has 7 nitrogen and oxygen atoms in total. The van der Waals surface area contributed by atoms with Gasteiger partial charge in [0.2, 0.25) is 0 Å². The second kappa shape index (κ2) is 11.3. The van der Waals surface area contributed by atoms with Crippen molar-refractivity contribution in [2.75, 3.05) is 7.11 Å². The van der Waals surface area contributed by atoms with Gasteiger partial charge >= 0.3 is 5.97 Å². The van der Waals surface area contributed by atoms with E-state index in [9.17, 15) is 9.59 Å². The maximum absolute atomic E-state index is 13.1. The number of methoxy groups -OCH3 is 1. The first kappa shape index (κ1) is 24.5. The maximum Gasteiger partial charge on any atom is 0.336 e. The number of fused-ring (bicyclic) bond motifs is 2. The Kier molecular flexibility index (Phi) is 7.27. The maximum atomic E-state index is 13.1. The van der Waals surface area contributed by atoms with Crippen LogP contribution in [0.5, 0.6) is 23.0 Å². The highest BCUT2D eigenvalue weighted by atomic mass is 16.5. The summed E-state index contributed by atoms with van der Waals surface area (Å²) in [5.41, 5.74) is 5.79. The lowest BCUT2D eigenvalue weighted by atomic mass is 9.87. The lowest BCUT2D eigenvalue weighted by molar-refractivity contribution is -0.129. The van der Waals surface area contributed by atoms with Gasteiger partial charge in [0.25, 0.3) is 5.91 Å². The van der Waals surface area contributed by atoms with Crippen LogP contribution in [0.3, 0.4) is 0 Å². The van der Waals surface area contributed by atoms with Crippen LogP contribution in [-0.4, -0.2) is 25.2 Å². The van der Waals surface area contributed by atoms with Crippen LogP contribution in [0.1, 0.15) is 28.2 Å². The van der Waals surface area contributed by atoms with Crippen molar-refractivity contribution in [1.29, 1.82) is 0 Å². The molecule has 0 atom stereocenters.